The van der Waals surface area contributed by atoms with E-state index < -0.39 is 0 Å². The third-order valence-corrected chi connectivity index (χ3v) is 5.56. The van der Waals surface area contributed by atoms with Crippen molar-refractivity contribution in [2.24, 2.45) is 0 Å². The maximum absolute atomic E-state index is 13.1. The number of carbonyl (C=O) groups excluding carboxylic acids is 1. The van der Waals surface area contributed by atoms with Crippen LogP contribution >= 0.6 is 11.8 Å². The molecule has 4 rings (SSSR count). The molecule has 2 aromatic carbocycles. The van der Waals surface area contributed by atoms with E-state index in [4.69, 9.17) is 4.42 Å². The molecule has 1 amide bonds. The van der Waals surface area contributed by atoms with Crippen molar-refractivity contribution in [1.82, 2.24) is 14.8 Å². The Morgan fingerprint density at radius 3 is 2.29 bits per heavy atom. The van der Waals surface area contributed by atoms with Crippen molar-refractivity contribution < 1.29 is 9.21 Å². The molecule has 144 valence electrons. The molecule has 6 heteroatoms. The molecule has 1 aromatic heterocycles. The second-order valence-corrected chi connectivity index (χ2v) is 7.56. The average Bonchev–Trinajstić information content (AvgIpc) is 3.20. The highest BCUT2D eigenvalue weighted by Gasteiger charge is 2.28. The molecule has 2 heterocycles. The number of rotatable bonds is 5. The molecular weight excluding hydrogens is 370 g/mol. The van der Waals surface area contributed by atoms with E-state index in [0.717, 1.165) is 25.2 Å². The predicted molar refractivity (Wildman–Crippen MR) is 111 cm³/mol. The standard InChI is InChI=1S/C22H23N3O2S/c1-28-22-19(23-20(27-22)18-10-6-3-7-11-18)21(26)25-14-12-24(13-15-25)16-17-8-4-2-5-9-17/h2-11H,12-16H2,1H3. The molecule has 5 nitrogen and oxygen atoms in total. The average molecular weight is 394 g/mol. The third kappa shape index (κ3) is 4.13. The summed E-state index contributed by atoms with van der Waals surface area (Å²) in [5.41, 5.74) is 2.60. The lowest BCUT2D eigenvalue weighted by molar-refractivity contribution is 0.0617. The van der Waals surface area contributed by atoms with Crippen LogP contribution in [0.25, 0.3) is 11.5 Å². The molecule has 1 aliphatic heterocycles. The van der Waals surface area contributed by atoms with Crippen molar-refractivity contribution in [3.05, 3.63) is 71.9 Å². The molecule has 0 aliphatic carbocycles. The number of oxazole rings is 1. The fourth-order valence-corrected chi connectivity index (χ4v) is 3.87. The van der Waals surface area contributed by atoms with Crippen LogP contribution < -0.4 is 0 Å². The predicted octanol–water partition coefficient (Wildman–Crippen LogP) is 4.02. The lowest BCUT2D eigenvalue weighted by atomic mass is 10.2. The summed E-state index contributed by atoms with van der Waals surface area (Å²) < 4.78 is 5.86. The number of aromatic nitrogens is 1. The lowest BCUT2D eigenvalue weighted by Crippen LogP contribution is -2.48. The van der Waals surface area contributed by atoms with Gasteiger partial charge in [0.1, 0.15) is 0 Å². The number of thioether (sulfide) groups is 1. The summed E-state index contributed by atoms with van der Waals surface area (Å²) in [4.78, 5) is 21.8. The molecule has 0 N–H and O–H groups in total. The highest BCUT2D eigenvalue weighted by Crippen LogP contribution is 2.28. The molecule has 28 heavy (non-hydrogen) atoms. The number of amides is 1. The van der Waals surface area contributed by atoms with E-state index in [-0.39, 0.29) is 5.91 Å². The Hall–Kier alpha value is -2.57. The highest BCUT2D eigenvalue weighted by atomic mass is 32.2. The first kappa shape index (κ1) is 18.8. The van der Waals surface area contributed by atoms with E-state index in [1.165, 1.54) is 17.3 Å². The van der Waals surface area contributed by atoms with Crippen LogP contribution in [0.3, 0.4) is 0 Å². The fourth-order valence-electron chi connectivity index (χ4n) is 3.38. The van der Waals surface area contributed by atoms with E-state index in [9.17, 15) is 4.79 Å². The number of carbonyl (C=O) groups is 1. The first-order chi connectivity index (χ1) is 13.7. The van der Waals surface area contributed by atoms with Gasteiger partial charge in [0.25, 0.3) is 5.91 Å². The number of hydrogen-bond acceptors (Lipinski definition) is 5. The van der Waals surface area contributed by atoms with Crippen LogP contribution in [0.4, 0.5) is 0 Å². The number of nitrogens with zero attached hydrogens (tertiary/aromatic N) is 3. The minimum absolute atomic E-state index is 0.0466. The van der Waals surface area contributed by atoms with Gasteiger partial charge in [0.05, 0.1) is 0 Å². The smallest absolute Gasteiger partial charge is 0.277 e. The van der Waals surface area contributed by atoms with Crippen LogP contribution in [0.1, 0.15) is 16.1 Å². The first-order valence-corrected chi connectivity index (χ1v) is 10.6. The summed E-state index contributed by atoms with van der Waals surface area (Å²) in [7, 11) is 0. The molecule has 1 aliphatic rings. The van der Waals surface area contributed by atoms with Crippen molar-refractivity contribution >= 4 is 17.7 Å². The van der Waals surface area contributed by atoms with Crippen molar-refractivity contribution in [2.75, 3.05) is 32.4 Å². The van der Waals surface area contributed by atoms with Crippen LogP contribution in [-0.2, 0) is 6.54 Å². The van der Waals surface area contributed by atoms with Gasteiger partial charge in [-0.15, -0.1) is 0 Å². The molecule has 0 saturated carbocycles. The van der Waals surface area contributed by atoms with Crippen molar-refractivity contribution in [3.8, 4) is 11.5 Å². The minimum Gasteiger partial charge on any atom is -0.429 e. The van der Waals surface area contributed by atoms with Crippen molar-refractivity contribution in [2.45, 2.75) is 11.6 Å². The van der Waals surface area contributed by atoms with Gasteiger partial charge in [-0.3, -0.25) is 9.69 Å². The maximum atomic E-state index is 13.1. The SMILES string of the molecule is CSc1oc(-c2ccccc2)nc1C(=O)N1CCN(Cc2ccccc2)CC1. The quantitative estimate of drug-likeness (QED) is 0.613. The zero-order valence-corrected chi connectivity index (χ0v) is 16.7. The molecule has 0 unspecified atom stereocenters. The van der Waals surface area contributed by atoms with Crippen molar-refractivity contribution in [1.29, 1.82) is 0 Å². The second-order valence-electron chi connectivity index (χ2n) is 6.78. The Balaban J connectivity index is 1.43. The molecule has 1 fully saturated rings. The second kappa shape index (κ2) is 8.63. The first-order valence-electron chi connectivity index (χ1n) is 9.40. The lowest BCUT2D eigenvalue weighted by Gasteiger charge is -2.34. The molecule has 0 radical (unpaired) electrons. The zero-order chi connectivity index (χ0) is 19.3. The van der Waals surface area contributed by atoms with E-state index in [1.54, 1.807) is 0 Å². The van der Waals surface area contributed by atoms with Crippen molar-refractivity contribution in [3.63, 3.8) is 0 Å². The summed E-state index contributed by atoms with van der Waals surface area (Å²) in [5.74, 6) is 0.450. The van der Waals surface area contributed by atoms with Gasteiger partial charge in [-0.05, 0) is 24.0 Å². The molecule has 0 bridgehead atoms. The van der Waals surface area contributed by atoms with Gasteiger partial charge in [0.2, 0.25) is 5.89 Å². The third-order valence-electron chi connectivity index (χ3n) is 4.91. The van der Waals surface area contributed by atoms with E-state index in [0.29, 0.717) is 29.8 Å². The van der Waals surface area contributed by atoms with Gasteiger partial charge >= 0.3 is 0 Å². The van der Waals surface area contributed by atoms with Gasteiger partial charge < -0.3 is 9.32 Å². The fraction of sp³-hybridized carbons (Fsp3) is 0.273. The summed E-state index contributed by atoms with van der Waals surface area (Å²) in [6.45, 7) is 4.04. The number of benzene rings is 2. The topological polar surface area (TPSA) is 49.6 Å². The van der Waals surface area contributed by atoms with Gasteiger partial charge in [0, 0.05) is 38.3 Å². The van der Waals surface area contributed by atoms with Gasteiger partial charge in [-0.25, -0.2) is 4.98 Å². The van der Waals surface area contributed by atoms with E-state index >= 15 is 0 Å². The summed E-state index contributed by atoms with van der Waals surface area (Å²) in [6.07, 6.45) is 1.91. The van der Waals surface area contributed by atoms with Crippen LogP contribution in [0.2, 0.25) is 0 Å². The van der Waals surface area contributed by atoms with E-state index in [2.05, 4.69) is 34.1 Å². The molecule has 3 aromatic rings. The highest BCUT2D eigenvalue weighted by molar-refractivity contribution is 7.98. The Morgan fingerprint density at radius 1 is 1.00 bits per heavy atom. The monoisotopic (exact) mass is 393 g/mol. The van der Waals surface area contributed by atoms with Gasteiger partial charge in [-0.2, -0.15) is 0 Å². The Bertz CT molecular complexity index is 919. The normalized spacial score (nSPS) is 15.0. The Labute approximate surface area is 169 Å². The minimum atomic E-state index is -0.0466. The molecule has 1 saturated heterocycles. The molecular formula is C22H23N3O2S. The maximum Gasteiger partial charge on any atom is 0.277 e. The Morgan fingerprint density at radius 2 is 1.64 bits per heavy atom. The van der Waals surface area contributed by atoms with E-state index in [1.807, 2.05) is 47.6 Å². The van der Waals surface area contributed by atoms with Gasteiger partial charge in [0.15, 0.2) is 10.8 Å². The molecule has 0 atom stereocenters. The Kier molecular flexibility index (Phi) is 5.78. The van der Waals surface area contributed by atoms with Crippen LogP contribution in [0.5, 0.6) is 0 Å². The van der Waals surface area contributed by atoms with Crippen LogP contribution in [0, 0.1) is 0 Å². The largest absolute Gasteiger partial charge is 0.429 e. The van der Waals surface area contributed by atoms with Gasteiger partial charge in [-0.1, -0.05) is 60.3 Å². The zero-order valence-electron chi connectivity index (χ0n) is 15.9. The van der Waals surface area contributed by atoms with Crippen LogP contribution in [0.15, 0.2) is 70.2 Å². The summed E-state index contributed by atoms with van der Waals surface area (Å²) in [6, 6.07) is 20.1. The molecule has 0 spiro atoms. The summed E-state index contributed by atoms with van der Waals surface area (Å²) in [5, 5.41) is 0.579. The number of piperazine rings is 1. The number of hydrogen-bond donors (Lipinski definition) is 0. The van der Waals surface area contributed by atoms with Crippen LogP contribution in [-0.4, -0.2) is 53.1 Å². The summed E-state index contributed by atoms with van der Waals surface area (Å²) >= 11 is 1.42.